The number of aromatic nitrogens is 2. The Labute approximate surface area is 168 Å². The summed E-state index contributed by atoms with van der Waals surface area (Å²) < 4.78 is 25.2. The van der Waals surface area contributed by atoms with Gasteiger partial charge in [-0.1, -0.05) is 24.3 Å². The van der Waals surface area contributed by atoms with Crippen molar-refractivity contribution in [2.75, 3.05) is 33.2 Å². The highest BCUT2D eigenvalue weighted by Gasteiger charge is 2.16. The van der Waals surface area contributed by atoms with Crippen molar-refractivity contribution in [2.45, 2.75) is 13.5 Å². The number of likely N-dealkylation sites (N-methyl/N-ethyl adjacent to an activating group) is 1. The lowest BCUT2D eigenvalue weighted by molar-refractivity contribution is 0.148. The summed E-state index contributed by atoms with van der Waals surface area (Å²) in [7, 11) is 0.600. The minimum atomic E-state index is -3.45. The molecular formula is C20H25N4O2PS. The minimum Gasteiger partial charge on any atom is -0.304 e. The zero-order chi connectivity index (χ0) is 19.9. The minimum absolute atomic E-state index is 0.461. The third kappa shape index (κ3) is 3.98. The van der Waals surface area contributed by atoms with Gasteiger partial charge in [0.05, 0.1) is 0 Å². The molecule has 0 N–H and O–H groups in total. The molecule has 0 radical (unpaired) electrons. The first-order chi connectivity index (χ1) is 13.3. The number of hydrogen-bond acceptors (Lipinski definition) is 5. The van der Waals surface area contributed by atoms with Crippen LogP contribution in [0, 0.1) is 6.92 Å². The van der Waals surface area contributed by atoms with Crippen LogP contribution in [0.4, 0.5) is 0 Å². The zero-order valence-electron chi connectivity index (χ0n) is 16.2. The molecule has 1 aliphatic heterocycles. The summed E-state index contributed by atoms with van der Waals surface area (Å²) in [6.07, 6.45) is 1.74. The second-order valence-electron chi connectivity index (χ2n) is 7.51. The van der Waals surface area contributed by atoms with Crippen LogP contribution >= 0.6 is 8.44 Å². The first-order valence-corrected chi connectivity index (χ1v) is 12.2. The first kappa shape index (κ1) is 19.5. The van der Waals surface area contributed by atoms with Crippen LogP contribution in [0.2, 0.25) is 0 Å². The normalized spacial score (nSPS) is 16.7. The van der Waals surface area contributed by atoms with Gasteiger partial charge in [-0.3, -0.25) is 4.90 Å². The van der Waals surface area contributed by atoms with Crippen molar-refractivity contribution in [2.24, 2.45) is 0 Å². The lowest BCUT2D eigenvalue weighted by Gasteiger charge is -2.32. The molecule has 6 nitrogen and oxygen atoms in total. The van der Waals surface area contributed by atoms with Gasteiger partial charge in [-0.2, -0.15) is 0 Å². The van der Waals surface area contributed by atoms with E-state index >= 15 is 0 Å². The average Bonchev–Trinajstić information content (AvgIpc) is 2.99. The summed E-state index contributed by atoms with van der Waals surface area (Å²) in [5, 5.41) is 0.822. The van der Waals surface area contributed by atoms with E-state index in [1.807, 2.05) is 20.6 Å². The Bertz CT molecular complexity index is 1100. The molecule has 0 saturated carbocycles. The summed E-state index contributed by atoms with van der Waals surface area (Å²) in [4.78, 5) is 9.27. The monoisotopic (exact) mass is 416 g/mol. The summed E-state index contributed by atoms with van der Waals surface area (Å²) in [5.74, 6) is 0. The Morgan fingerprint density at radius 2 is 1.71 bits per heavy atom. The summed E-state index contributed by atoms with van der Waals surface area (Å²) in [6.45, 7) is 7.20. The number of benzene rings is 1. The Morgan fingerprint density at radius 3 is 2.36 bits per heavy atom. The molecule has 8 heteroatoms. The molecule has 1 unspecified atom stereocenters. The second kappa shape index (κ2) is 7.56. The molecule has 3 heterocycles. The van der Waals surface area contributed by atoms with Crippen molar-refractivity contribution in [3.8, 4) is 11.1 Å². The molecule has 0 bridgehead atoms. The molecular weight excluding hydrogens is 391 g/mol. The number of pyridine rings is 1. The van der Waals surface area contributed by atoms with Crippen LogP contribution in [0.5, 0.6) is 0 Å². The third-order valence-corrected chi connectivity index (χ3v) is 6.92. The molecule has 1 fully saturated rings. The molecule has 0 aliphatic carbocycles. The molecule has 2 aromatic heterocycles. The van der Waals surface area contributed by atoms with Crippen molar-refractivity contribution in [3.05, 3.63) is 53.9 Å². The second-order valence-corrected chi connectivity index (χ2v) is 10.7. The summed E-state index contributed by atoms with van der Waals surface area (Å²) >= 11 is 0. The standard InChI is InChI=1S/C20H25N4O2PS/c1-15-11-18-12-19(13-21-20(18)24(15)28(25,26)27)17-5-3-16(4-6-17)14-23-9-7-22(2)8-10-23/h3-6,11-13H,7-10,14,27H2,1-2H3. The first-order valence-electron chi connectivity index (χ1n) is 9.33. The molecule has 4 rings (SSSR count). The highest BCUT2D eigenvalue weighted by Crippen LogP contribution is 2.27. The van der Waals surface area contributed by atoms with Crippen LogP contribution < -0.4 is 0 Å². The number of hydrogen-bond donors (Lipinski definition) is 0. The van der Waals surface area contributed by atoms with E-state index in [0.29, 0.717) is 11.3 Å². The molecule has 1 atom stereocenters. The molecule has 1 aliphatic rings. The smallest absolute Gasteiger partial charge is 0.250 e. The Hall–Kier alpha value is -1.79. The molecule has 3 aromatic rings. The maximum Gasteiger partial charge on any atom is 0.250 e. The van der Waals surface area contributed by atoms with E-state index in [1.54, 1.807) is 13.1 Å². The van der Waals surface area contributed by atoms with Crippen molar-refractivity contribution < 1.29 is 8.42 Å². The van der Waals surface area contributed by atoms with E-state index in [0.717, 1.165) is 49.2 Å². The Balaban J connectivity index is 1.56. The fraction of sp³-hybridized carbons (Fsp3) is 0.350. The van der Waals surface area contributed by atoms with Crippen molar-refractivity contribution in [1.82, 2.24) is 18.8 Å². The van der Waals surface area contributed by atoms with E-state index in [2.05, 4.69) is 46.1 Å². The third-order valence-electron chi connectivity index (χ3n) is 5.32. The van der Waals surface area contributed by atoms with Crippen LogP contribution in [0.25, 0.3) is 22.2 Å². The molecule has 28 heavy (non-hydrogen) atoms. The van der Waals surface area contributed by atoms with Crippen LogP contribution in [0.3, 0.4) is 0 Å². The van der Waals surface area contributed by atoms with Crippen molar-refractivity contribution in [1.29, 1.82) is 0 Å². The van der Waals surface area contributed by atoms with Gasteiger partial charge in [0.15, 0.2) is 5.65 Å². The maximum atomic E-state index is 12.0. The van der Waals surface area contributed by atoms with Crippen LogP contribution in [-0.2, 0) is 16.2 Å². The van der Waals surface area contributed by atoms with E-state index in [9.17, 15) is 8.42 Å². The van der Waals surface area contributed by atoms with Gasteiger partial charge in [-0.05, 0) is 37.2 Å². The van der Waals surface area contributed by atoms with Gasteiger partial charge in [-0.25, -0.2) is 17.4 Å². The van der Waals surface area contributed by atoms with Gasteiger partial charge in [0, 0.05) is 64.0 Å². The number of rotatable bonds is 4. The molecule has 148 valence electrons. The predicted molar refractivity (Wildman–Crippen MR) is 117 cm³/mol. The number of fused-ring (bicyclic) bond motifs is 1. The van der Waals surface area contributed by atoms with Crippen molar-refractivity contribution >= 4 is 29.1 Å². The van der Waals surface area contributed by atoms with Gasteiger partial charge in [-0.15, -0.1) is 0 Å². The van der Waals surface area contributed by atoms with E-state index in [-0.39, 0.29) is 0 Å². The highest BCUT2D eigenvalue weighted by molar-refractivity contribution is 8.36. The lowest BCUT2D eigenvalue weighted by atomic mass is 10.0. The van der Waals surface area contributed by atoms with Crippen LogP contribution in [0.15, 0.2) is 42.6 Å². The van der Waals surface area contributed by atoms with Gasteiger partial charge in [0.1, 0.15) is 0 Å². The van der Waals surface area contributed by atoms with Crippen LogP contribution in [0.1, 0.15) is 11.3 Å². The Morgan fingerprint density at radius 1 is 1.04 bits per heavy atom. The fourth-order valence-corrected chi connectivity index (χ4v) is 5.39. The highest BCUT2D eigenvalue weighted by atomic mass is 32.7. The van der Waals surface area contributed by atoms with Gasteiger partial charge < -0.3 is 4.90 Å². The van der Waals surface area contributed by atoms with Gasteiger partial charge in [0.2, 0.25) is 0 Å². The number of nitrogens with zero attached hydrogens (tertiary/aromatic N) is 4. The molecule has 1 aromatic carbocycles. The molecule has 1 saturated heterocycles. The predicted octanol–water partition coefficient (Wildman–Crippen LogP) is 2.73. The summed E-state index contributed by atoms with van der Waals surface area (Å²) in [5.41, 5.74) is 4.48. The lowest BCUT2D eigenvalue weighted by Crippen LogP contribution is -2.43. The topological polar surface area (TPSA) is 58.4 Å². The van der Waals surface area contributed by atoms with Gasteiger partial charge in [0.25, 0.3) is 9.64 Å². The summed E-state index contributed by atoms with van der Waals surface area (Å²) in [6, 6.07) is 12.4. The average molecular weight is 416 g/mol. The maximum absolute atomic E-state index is 12.0. The van der Waals surface area contributed by atoms with E-state index in [4.69, 9.17) is 0 Å². The van der Waals surface area contributed by atoms with Gasteiger partial charge >= 0.3 is 0 Å². The SMILES string of the molecule is Cc1cc2cc(-c3ccc(CN4CCN(C)CC4)cc3)cnc2n1S(=O)(=O)P. The fourth-order valence-electron chi connectivity index (χ4n) is 3.75. The van der Waals surface area contributed by atoms with Crippen LogP contribution in [-0.4, -0.2) is 60.4 Å². The quantitative estimate of drug-likeness (QED) is 0.612. The van der Waals surface area contributed by atoms with Crippen molar-refractivity contribution in [3.63, 3.8) is 0 Å². The zero-order valence-corrected chi connectivity index (χ0v) is 18.1. The number of aryl methyl sites for hydroxylation is 1. The van der Waals surface area contributed by atoms with E-state index < -0.39 is 9.64 Å². The largest absolute Gasteiger partial charge is 0.304 e. The molecule has 0 spiro atoms. The Kier molecular flexibility index (Phi) is 5.27. The molecule has 0 amide bonds. The van der Waals surface area contributed by atoms with E-state index in [1.165, 1.54) is 9.54 Å². The number of piperazine rings is 1.